The summed E-state index contributed by atoms with van der Waals surface area (Å²) in [7, 11) is 0. The van der Waals surface area contributed by atoms with Crippen molar-refractivity contribution >= 4 is 70.1 Å². The fourth-order valence-corrected chi connectivity index (χ4v) is 3.46. The fourth-order valence-electron chi connectivity index (χ4n) is 2.57. The topological polar surface area (TPSA) is 98.8 Å². The largest absolute Gasteiger partial charge is 0.546 e. The second-order valence-electron chi connectivity index (χ2n) is 5.77. The van der Waals surface area contributed by atoms with E-state index in [1.807, 2.05) is 0 Å². The van der Waals surface area contributed by atoms with Crippen LogP contribution in [-0.4, -0.2) is 29.5 Å². The van der Waals surface area contributed by atoms with Gasteiger partial charge in [-0.2, -0.15) is 0 Å². The predicted molar refractivity (Wildman–Crippen MR) is 110 cm³/mol. The zero-order chi connectivity index (χ0) is 21.1. The molecule has 3 rings (SSSR count). The normalized spacial score (nSPS) is 15.4. The van der Waals surface area contributed by atoms with Gasteiger partial charge in [0.2, 0.25) is 0 Å². The number of rotatable bonds is 5. The smallest absolute Gasteiger partial charge is 0.270 e. The van der Waals surface area contributed by atoms with Crippen LogP contribution in [0.25, 0.3) is 6.08 Å². The number of halogens is 2. The van der Waals surface area contributed by atoms with Crippen molar-refractivity contribution in [1.29, 1.82) is 0 Å². The van der Waals surface area contributed by atoms with Gasteiger partial charge in [-0.15, -0.1) is 0 Å². The average Bonchev–Trinajstić information content (AvgIpc) is 2.65. The van der Waals surface area contributed by atoms with Gasteiger partial charge in [-0.25, -0.2) is 0 Å². The first kappa shape index (κ1) is 20.8. The van der Waals surface area contributed by atoms with Gasteiger partial charge in [0.1, 0.15) is 12.2 Å². The van der Waals surface area contributed by atoms with Crippen molar-refractivity contribution in [2.45, 2.75) is 0 Å². The molecule has 10 heteroatoms. The van der Waals surface area contributed by atoms with Crippen LogP contribution in [0.3, 0.4) is 0 Å². The quantitative estimate of drug-likeness (QED) is 0.425. The zero-order valence-electron chi connectivity index (χ0n) is 14.5. The van der Waals surface area contributed by atoms with Crippen LogP contribution in [0.4, 0.5) is 5.69 Å². The van der Waals surface area contributed by atoms with Crippen LogP contribution in [0.5, 0.6) is 5.75 Å². The molecule has 0 spiro atoms. The summed E-state index contributed by atoms with van der Waals surface area (Å²) in [4.78, 5) is 37.0. The van der Waals surface area contributed by atoms with E-state index in [1.165, 1.54) is 23.1 Å². The van der Waals surface area contributed by atoms with Crippen LogP contribution in [-0.2, 0) is 14.4 Å². The Morgan fingerprint density at radius 2 is 1.79 bits per heavy atom. The molecule has 0 atom stereocenters. The highest BCUT2D eigenvalue weighted by molar-refractivity contribution is 7.80. The summed E-state index contributed by atoms with van der Waals surface area (Å²) in [5.74, 6) is -2.78. The number of aliphatic carboxylic acids is 1. The van der Waals surface area contributed by atoms with Crippen LogP contribution in [0, 0.1) is 0 Å². The number of benzene rings is 2. The number of carboxylic acid groups (broad SMARTS) is 1. The van der Waals surface area contributed by atoms with E-state index in [9.17, 15) is 19.5 Å². The van der Waals surface area contributed by atoms with Gasteiger partial charge in [-0.3, -0.25) is 19.8 Å². The molecule has 1 heterocycles. The Morgan fingerprint density at radius 3 is 2.38 bits per heavy atom. The van der Waals surface area contributed by atoms with E-state index in [-0.39, 0.29) is 26.5 Å². The molecule has 2 aromatic rings. The van der Waals surface area contributed by atoms with E-state index >= 15 is 0 Å². The SMILES string of the molecule is O=C([O-])COc1c(Cl)cc(/C=C2\C(=O)NC(=S)N(c3ccccc3)C2=O)cc1Cl. The maximum Gasteiger partial charge on any atom is 0.270 e. The number of hydrogen-bond donors (Lipinski definition) is 1. The summed E-state index contributed by atoms with van der Waals surface area (Å²) in [6.07, 6.45) is 1.30. The molecule has 1 saturated heterocycles. The number of ether oxygens (including phenoxy) is 1. The molecule has 0 unspecified atom stereocenters. The van der Waals surface area contributed by atoms with Crippen molar-refractivity contribution in [3.05, 3.63) is 63.6 Å². The Kier molecular flexibility index (Phi) is 6.17. The van der Waals surface area contributed by atoms with E-state index in [1.54, 1.807) is 30.3 Å². The first-order valence-corrected chi connectivity index (χ1v) is 9.22. The zero-order valence-corrected chi connectivity index (χ0v) is 16.8. The molecule has 1 aliphatic heterocycles. The minimum atomic E-state index is -1.44. The molecule has 1 fully saturated rings. The number of amides is 2. The number of nitrogens with one attached hydrogen (secondary N) is 1. The highest BCUT2D eigenvalue weighted by Crippen LogP contribution is 2.35. The lowest BCUT2D eigenvalue weighted by atomic mass is 10.1. The van der Waals surface area contributed by atoms with Gasteiger partial charge < -0.3 is 14.6 Å². The van der Waals surface area contributed by atoms with Crippen LogP contribution < -0.4 is 20.1 Å². The Labute approximate surface area is 180 Å². The Hall–Kier alpha value is -2.94. The van der Waals surface area contributed by atoms with Crippen molar-refractivity contribution in [2.75, 3.05) is 11.5 Å². The lowest BCUT2D eigenvalue weighted by Crippen LogP contribution is -2.54. The Bertz CT molecular complexity index is 1030. The molecule has 1 aliphatic rings. The van der Waals surface area contributed by atoms with Gasteiger partial charge in [-0.1, -0.05) is 41.4 Å². The molecule has 2 amide bonds. The second-order valence-corrected chi connectivity index (χ2v) is 6.97. The second kappa shape index (κ2) is 8.60. The van der Waals surface area contributed by atoms with Gasteiger partial charge in [0, 0.05) is 0 Å². The minimum Gasteiger partial charge on any atom is -0.546 e. The van der Waals surface area contributed by atoms with E-state index in [4.69, 9.17) is 40.2 Å². The summed E-state index contributed by atoms with van der Waals surface area (Å²) in [6, 6.07) is 11.4. The van der Waals surface area contributed by atoms with Gasteiger partial charge >= 0.3 is 0 Å². The molecule has 148 valence electrons. The Balaban J connectivity index is 1.96. The number of hydrogen-bond acceptors (Lipinski definition) is 6. The minimum absolute atomic E-state index is 0.00435. The summed E-state index contributed by atoms with van der Waals surface area (Å²) >= 11 is 17.3. The number of carboxylic acids is 1. The van der Waals surface area contributed by atoms with E-state index in [0.717, 1.165) is 0 Å². The molecular formula is C19H11Cl2N2O5S-. The summed E-state index contributed by atoms with van der Waals surface area (Å²) < 4.78 is 4.99. The first-order chi connectivity index (χ1) is 13.8. The van der Waals surface area contributed by atoms with Gasteiger partial charge in [0.25, 0.3) is 11.8 Å². The molecule has 1 N–H and O–H groups in total. The van der Waals surface area contributed by atoms with Gasteiger partial charge in [-0.05, 0) is 48.1 Å². The Morgan fingerprint density at radius 1 is 1.17 bits per heavy atom. The molecule has 0 aliphatic carbocycles. The maximum atomic E-state index is 12.9. The van der Waals surface area contributed by atoms with Crippen LogP contribution in [0.1, 0.15) is 5.56 Å². The monoisotopic (exact) mass is 449 g/mol. The van der Waals surface area contributed by atoms with Gasteiger partial charge in [0.05, 0.1) is 21.7 Å². The van der Waals surface area contributed by atoms with Crippen molar-refractivity contribution in [3.8, 4) is 5.75 Å². The molecule has 0 aromatic heterocycles. The van der Waals surface area contributed by atoms with Crippen LogP contribution >= 0.6 is 35.4 Å². The maximum absolute atomic E-state index is 12.9. The molecular weight excluding hydrogens is 439 g/mol. The van der Waals surface area contributed by atoms with Gasteiger partial charge in [0.15, 0.2) is 10.9 Å². The average molecular weight is 450 g/mol. The number of para-hydroxylation sites is 1. The highest BCUT2D eigenvalue weighted by atomic mass is 35.5. The predicted octanol–water partition coefficient (Wildman–Crippen LogP) is 1.95. The number of thiocarbonyl (C=S) groups is 1. The summed E-state index contributed by atoms with van der Waals surface area (Å²) in [5, 5.41) is 13.0. The number of nitrogens with zero attached hydrogens (tertiary/aromatic N) is 1. The first-order valence-electron chi connectivity index (χ1n) is 8.06. The molecule has 0 radical (unpaired) electrons. The number of anilines is 1. The molecule has 29 heavy (non-hydrogen) atoms. The van der Waals surface area contributed by atoms with Crippen LogP contribution in [0.15, 0.2) is 48.0 Å². The number of carbonyl (C=O) groups is 3. The molecule has 0 saturated carbocycles. The van der Waals surface area contributed by atoms with Crippen molar-refractivity contribution in [2.24, 2.45) is 0 Å². The highest BCUT2D eigenvalue weighted by Gasteiger charge is 2.34. The van der Waals surface area contributed by atoms with Crippen molar-refractivity contribution < 1.29 is 24.2 Å². The standard InChI is InChI=1S/C19H12Cl2N2O5S/c20-13-7-10(8-14(21)16(13)28-9-15(24)25)6-12-17(26)22-19(29)23(18(12)27)11-4-2-1-3-5-11/h1-8H,9H2,(H,24,25)(H,22,26,29)/p-1/b12-6+. The molecule has 7 nitrogen and oxygen atoms in total. The van der Waals surface area contributed by atoms with E-state index < -0.39 is 24.4 Å². The van der Waals surface area contributed by atoms with Crippen molar-refractivity contribution in [3.63, 3.8) is 0 Å². The van der Waals surface area contributed by atoms with E-state index in [0.29, 0.717) is 11.3 Å². The fraction of sp³-hybridized carbons (Fsp3) is 0.0526. The third-order valence-corrected chi connectivity index (χ3v) is 4.63. The van der Waals surface area contributed by atoms with E-state index in [2.05, 4.69) is 5.32 Å². The lowest BCUT2D eigenvalue weighted by molar-refractivity contribution is -0.307. The number of carbonyl (C=O) groups excluding carboxylic acids is 3. The summed E-state index contributed by atoms with van der Waals surface area (Å²) in [6.45, 7) is -0.732. The van der Waals surface area contributed by atoms with Crippen molar-refractivity contribution in [1.82, 2.24) is 5.32 Å². The molecule has 0 bridgehead atoms. The van der Waals surface area contributed by atoms with Crippen LogP contribution in [0.2, 0.25) is 10.0 Å². The lowest BCUT2D eigenvalue weighted by Gasteiger charge is -2.28. The molecule has 2 aromatic carbocycles. The summed E-state index contributed by atoms with van der Waals surface area (Å²) in [5.41, 5.74) is 0.647. The third kappa shape index (κ3) is 4.56. The third-order valence-electron chi connectivity index (χ3n) is 3.78.